The predicted octanol–water partition coefficient (Wildman–Crippen LogP) is 2.37. The molecule has 0 radical (unpaired) electrons. The number of hydrogen-bond donors (Lipinski definition) is 2. The van der Waals surface area contributed by atoms with Gasteiger partial charge in [0.05, 0.1) is 11.2 Å². The summed E-state index contributed by atoms with van der Waals surface area (Å²) < 4.78 is 0. The van der Waals surface area contributed by atoms with Crippen LogP contribution in [0.4, 0.5) is 0 Å². The number of benzene rings is 1. The summed E-state index contributed by atoms with van der Waals surface area (Å²) in [5.41, 5.74) is 8.32. The topological polar surface area (TPSA) is 76.2 Å². The van der Waals surface area contributed by atoms with E-state index in [0.717, 1.165) is 16.1 Å². The van der Waals surface area contributed by atoms with Gasteiger partial charge in [-0.15, -0.1) is 11.3 Å². The zero-order valence-electron chi connectivity index (χ0n) is 11.4. The third kappa shape index (κ3) is 2.73. The number of nitrogens with zero attached hydrogens (tertiary/aromatic N) is 1. The van der Waals surface area contributed by atoms with Crippen molar-refractivity contribution in [2.75, 3.05) is 6.54 Å². The van der Waals surface area contributed by atoms with Gasteiger partial charge in [-0.25, -0.2) is 4.98 Å². The van der Waals surface area contributed by atoms with Crippen molar-refractivity contribution in [3.63, 3.8) is 0 Å². The molecule has 1 aromatic carbocycles. The maximum atomic E-state index is 11.8. The molecule has 2 rings (SSSR count). The van der Waals surface area contributed by atoms with Gasteiger partial charge >= 0.3 is 5.97 Å². The van der Waals surface area contributed by atoms with Crippen molar-refractivity contribution < 1.29 is 9.90 Å². The van der Waals surface area contributed by atoms with E-state index in [0.29, 0.717) is 12.8 Å². The van der Waals surface area contributed by atoms with Crippen LogP contribution in [-0.2, 0) is 16.6 Å². The van der Waals surface area contributed by atoms with Gasteiger partial charge in [-0.05, 0) is 25.3 Å². The van der Waals surface area contributed by atoms with Crippen LogP contribution in [0.15, 0.2) is 35.8 Å². The molecule has 4 nitrogen and oxygen atoms in total. The first-order valence-electron chi connectivity index (χ1n) is 6.48. The number of carboxylic acid groups (broad SMARTS) is 1. The number of thiazole rings is 1. The van der Waals surface area contributed by atoms with Gasteiger partial charge in [0.2, 0.25) is 0 Å². The van der Waals surface area contributed by atoms with Crippen molar-refractivity contribution in [1.82, 2.24) is 4.98 Å². The van der Waals surface area contributed by atoms with E-state index in [1.165, 1.54) is 0 Å². The number of aromatic nitrogens is 1. The highest BCUT2D eigenvalue weighted by atomic mass is 32.1. The van der Waals surface area contributed by atoms with Crippen LogP contribution >= 0.6 is 11.3 Å². The third-order valence-electron chi connectivity index (χ3n) is 3.71. The quantitative estimate of drug-likeness (QED) is 0.856. The van der Waals surface area contributed by atoms with Crippen molar-refractivity contribution in [2.24, 2.45) is 5.73 Å². The average Bonchev–Trinajstić information content (AvgIpc) is 2.86. The first-order valence-corrected chi connectivity index (χ1v) is 7.36. The fraction of sp³-hybridized carbons (Fsp3) is 0.333. The fourth-order valence-corrected chi connectivity index (χ4v) is 3.11. The van der Waals surface area contributed by atoms with Crippen LogP contribution in [-0.4, -0.2) is 22.6 Å². The standard InChI is InChI=1S/C15H18N2O2S/c1-11-13(20-10-17-11)7-8-15(9-16,14(18)19)12-5-3-2-4-6-12/h2-6,10H,7-9,16H2,1H3,(H,18,19). The lowest BCUT2D eigenvalue weighted by atomic mass is 9.76. The molecule has 3 N–H and O–H groups in total. The largest absolute Gasteiger partial charge is 0.481 e. The van der Waals surface area contributed by atoms with E-state index < -0.39 is 11.4 Å². The van der Waals surface area contributed by atoms with Gasteiger partial charge in [0.1, 0.15) is 5.41 Å². The van der Waals surface area contributed by atoms with E-state index in [9.17, 15) is 9.90 Å². The second kappa shape index (κ2) is 6.15. The van der Waals surface area contributed by atoms with Crippen LogP contribution in [0.2, 0.25) is 0 Å². The van der Waals surface area contributed by atoms with Crippen molar-refractivity contribution in [2.45, 2.75) is 25.2 Å². The molecule has 0 fully saturated rings. The molecule has 1 unspecified atom stereocenters. The van der Waals surface area contributed by atoms with Gasteiger partial charge in [-0.2, -0.15) is 0 Å². The van der Waals surface area contributed by atoms with Gasteiger partial charge in [-0.3, -0.25) is 4.79 Å². The van der Waals surface area contributed by atoms with Crippen LogP contribution in [0, 0.1) is 6.92 Å². The van der Waals surface area contributed by atoms with Crippen molar-refractivity contribution in [3.8, 4) is 0 Å². The molecule has 20 heavy (non-hydrogen) atoms. The Bertz CT molecular complexity index is 583. The first kappa shape index (κ1) is 14.7. The van der Waals surface area contributed by atoms with Gasteiger partial charge in [0, 0.05) is 11.4 Å². The van der Waals surface area contributed by atoms with Crippen molar-refractivity contribution in [3.05, 3.63) is 52.0 Å². The summed E-state index contributed by atoms with van der Waals surface area (Å²) >= 11 is 1.56. The van der Waals surface area contributed by atoms with Crippen molar-refractivity contribution >= 4 is 17.3 Å². The molecule has 0 aliphatic carbocycles. The minimum Gasteiger partial charge on any atom is -0.481 e. The maximum absolute atomic E-state index is 11.8. The van der Waals surface area contributed by atoms with E-state index in [1.54, 1.807) is 16.8 Å². The minimum absolute atomic E-state index is 0.0875. The second-order valence-electron chi connectivity index (χ2n) is 4.82. The summed E-state index contributed by atoms with van der Waals surface area (Å²) in [7, 11) is 0. The number of rotatable bonds is 6. The molecule has 106 valence electrons. The molecule has 1 atom stereocenters. The highest BCUT2D eigenvalue weighted by molar-refractivity contribution is 7.09. The smallest absolute Gasteiger partial charge is 0.315 e. The summed E-state index contributed by atoms with van der Waals surface area (Å²) in [6, 6.07) is 9.24. The number of carbonyl (C=O) groups is 1. The Labute approximate surface area is 122 Å². The number of aliphatic carboxylic acids is 1. The Morgan fingerprint density at radius 3 is 2.60 bits per heavy atom. The highest BCUT2D eigenvalue weighted by Crippen LogP contribution is 2.30. The average molecular weight is 290 g/mol. The Hall–Kier alpha value is -1.72. The molecule has 0 amide bonds. The van der Waals surface area contributed by atoms with Gasteiger partial charge in [0.15, 0.2) is 0 Å². The molecule has 0 saturated heterocycles. The Morgan fingerprint density at radius 2 is 2.10 bits per heavy atom. The van der Waals surface area contributed by atoms with Crippen LogP contribution < -0.4 is 5.73 Å². The lowest BCUT2D eigenvalue weighted by Crippen LogP contribution is -2.43. The molecular formula is C15H18N2O2S. The normalized spacial score (nSPS) is 13.9. The monoisotopic (exact) mass is 290 g/mol. The van der Waals surface area contributed by atoms with E-state index >= 15 is 0 Å². The highest BCUT2D eigenvalue weighted by Gasteiger charge is 2.38. The van der Waals surface area contributed by atoms with Crippen LogP contribution in [0.3, 0.4) is 0 Å². The van der Waals surface area contributed by atoms with Gasteiger partial charge < -0.3 is 10.8 Å². The summed E-state index contributed by atoms with van der Waals surface area (Å²) in [5, 5.41) is 9.68. The zero-order chi connectivity index (χ0) is 14.6. The fourth-order valence-electron chi connectivity index (χ4n) is 2.33. The molecule has 0 bridgehead atoms. The molecule has 0 aliphatic heterocycles. The Morgan fingerprint density at radius 1 is 1.40 bits per heavy atom. The van der Waals surface area contributed by atoms with Gasteiger partial charge in [0.25, 0.3) is 0 Å². The van der Waals surface area contributed by atoms with Crippen LogP contribution in [0.1, 0.15) is 22.6 Å². The molecular weight excluding hydrogens is 272 g/mol. The molecule has 0 spiro atoms. The summed E-state index contributed by atoms with van der Waals surface area (Å²) in [6.07, 6.45) is 1.15. The molecule has 1 aromatic heterocycles. The maximum Gasteiger partial charge on any atom is 0.315 e. The molecule has 0 saturated carbocycles. The molecule has 0 aliphatic rings. The minimum atomic E-state index is -1.03. The zero-order valence-corrected chi connectivity index (χ0v) is 12.2. The third-order valence-corrected chi connectivity index (χ3v) is 4.70. The number of nitrogens with two attached hydrogens (primary N) is 1. The lowest BCUT2D eigenvalue weighted by molar-refractivity contribution is -0.143. The van der Waals surface area contributed by atoms with E-state index in [4.69, 9.17) is 5.73 Å². The van der Waals surface area contributed by atoms with E-state index in [-0.39, 0.29) is 6.54 Å². The van der Waals surface area contributed by atoms with Crippen molar-refractivity contribution in [1.29, 1.82) is 0 Å². The number of carboxylic acids is 1. The molecule has 2 aromatic rings. The predicted molar refractivity (Wildman–Crippen MR) is 80.0 cm³/mol. The number of hydrogen-bond acceptors (Lipinski definition) is 4. The lowest BCUT2D eigenvalue weighted by Gasteiger charge is -2.28. The van der Waals surface area contributed by atoms with E-state index in [2.05, 4.69) is 4.98 Å². The van der Waals surface area contributed by atoms with Gasteiger partial charge in [-0.1, -0.05) is 30.3 Å². The van der Waals surface area contributed by atoms with Crippen LogP contribution in [0.25, 0.3) is 0 Å². The summed E-state index contributed by atoms with van der Waals surface area (Å²) in [5.74, 6) is -0.867. The summed E-state index contributed by atoms with van der Waals surface area (Å²) in [6.45, 7) is 2.03. The van der Waals surface area contributed by atoms with E-state index in [1.807, 2.05) is 37.3 Å². The number of aryl methyl sites for hydroxylation is 2. The Kier molecular flexibility index (Phi) is 4.52. The molecule has 5 heteroatoms. The second-order valence-corrected chi connectivity index (χ2v) is 5.76. The SMILES string of the molecule is Cc1ncsc1CCC(CN)(C(=O)O)c1ccccc1. The van der Waals surface area contributed by atoms with Crippen LogP contribution in [0.5, 0.6) is 0 Å². The summed E-state index contributed by atoms with van der Waals surface area (Å²) in [4.78, 5) is 17.1. The molecule has 1 heterocycles. The Balaban J connectivity index is 2.29. The first-order chi connectivity index (χ1) is 9.60.